The molecule has 3 heterocycles. The minimum Gasteiger partial charge on any atom is -0.465 e. The van der Waals surface area contributed by atoms with Crippen LogP contribution >= 0.6 is 11.8 Å². The van der Waals surface area contributed by atoms with Crippen LogP contribution < -0.4 is 5.32 Å². The summed E-state index contributed by atoms with van der Waals surface area (Å²) >= 11 is 1.14. The van der Waals surface area contributed by atoms with Gasteiger partial charge in [0.2, 0.25) is 5.91 Å². The van der Waals surface area contributed by atoms with Crippen LogP contribution in [0.15, 0.2) is 89.3 Å². The van der Waals surface area contributed by atoms with Gasteiger partial charge in [-0.1, -0.05) is 12.1 Å². The molecule has 0 saturated carbocycles. The minimum absolute atomic E-state index is 0.252. The maximum atomic E-state index is 13.2. The molecule has 1 aliphatic rings. The van der Waals surface area contributed by atoms with E-state index in [2.05, 4.69) is 25.0 Å². The van der Waals surface area contributed by atoms with E-state index in [1.807, 2.05) is 18.2 Å². The Balaban J connectivity index is 1.52. The molecule has 4 rings (SSSR count). The van der Waals surface area contributed by atoms with Crippen molar-refractivity contribution in [3.05, 3.63) is 101 Å². The summed E-state index contributed by atoms with van der Waals surface area (Å²) in [6, 6.07) is 13.7. The van der Waals surface area contributed by atoms with Crippen LogP contribution in [0.5, 0.6) is 0 Å². The maximum absolute atomic E-state index is 13.2. The number of anilines is 1. The van der Waals surface area contributed by atoms with Crippen molar-refractivity contribution in [1.82, 2.24) is 14.9 Å². The lowest BCUT2D eigenvalue weighted by Gasteiger charge is -2.15. The summed E-state index contributed by atoms with van der Waals surface area (Å²) in [5.41, 5.74) is 2.59. The third-order valence-electron chi connectivity index (χ3n) is 4.91. The molecule has 2 amide bonds. The van der Waals surface area contributed by atoms with Crippen LogP contribution in [-0.4, -0.2) is 44.9 Å². The Morgan fingerprint density at radius 1 is 1.06 bits per heavy atom. The van der Waals surface area contributed by atoms with Gasteiger partial charge in [0.15, 0.2) is 5.17 Å². The van der Waals surface area contributed by atoms with E-state index in [0.717, 1.165) is 22.9 Å². The van der Waals surface area contributed by atoms with Crippen molar-refractivity contribution in [2.24, 2.45) is 4.99 Å². The number of benzene rings is 1. The molecule has 1 saturated heterocycles. The molecule has 2 aromatic heterocycles. The number of esters is 1. The number of hydrogen-bond acceptors (Lipinski definition) is 8. The molecule has 1 aliphatic heterocycles. The first-order valence-electron chi connectivity index (χ1n) is 10.6. The number of carbonyl (C=O) groups is 3. The molecule has 0 bridgehead atoms. The molecule has 9 nitrogen and oxygen atoms in total. The smallest absolute Gasteiger partial charge is 0.337 e. The number of ether oxygens (including phenoxy) is 1. The van der Waals surface area contributed by atoms with Crippen molar-refractivity contribution in [2.45, 2.75) is 13.1 Å². The maximum Gasteiger partial charge on any atom is 0.337 e. The molecule has 35 heavy (non-hydrogen) atoms. The topological polar surface area (TPSA) is 114 Å². The van der Waals surface area contributed by atoms with E-state index in [1.54, 1.807) is 55.1 Å². The Morgan fingerprint density at radius 3 is 2.37 bits per heavy atom. The Hall–Kier alpha value is -4.31. The number of methoxy groups -OCH3 is 1. The second kappa shape index (κ2) is 11.2. The average Bonchev–Trinajstić information content (AvgIpc) is 3.17. The van der Waals surface area contributed by atoms with Crippen LogP contribution in [0.1, 0.15) is 21.5 Å². The molecule has 1 aromatic carbocycles. The van der Waals surface area contributed by atoms with Gasteiger partial charge in [-0.3, -0.25) is 29.4 Å². The summed E-state index contributed by atoms with van der Waals surface area (Å²) in [5, 5.41) is 3.19. The number of nitrogens with one attached hydrogen (secondary N) is 1. The molecule has 0 unspecified atom stereocenters. The number of amidine groups is 1. The number of rotatable bonds is 7. The van der Waals surface area contributed by atoms with Crippen LogP contribution in [0.4, 0.5) is 5.69 Å². The molecule has 0 aliphatic carbocycles. The van der Waals surface area contributed by atoms with Crippen molar-refractivity contribution < 1.29 is 19.1 Å². The number of hydrogen-bond donors (Lipinski definition) is 1. The number of pyridine rings is 2. The standard InChI is InChI=1S/C25H21N5O4S/c1-34-24(33)19-6-8-20(9-7-19)29-22(31)12-21-23(32)30(16-18-5-3-11-27-14-18)25(35-21)28-15-17-4-2-10-26-13-17/h2-14H,15-16H2,1H3,(H,29,31)/b21-12+,28-25?. The molecule has 1 N–H and O–H groups in total. The number of aromatic nitrogens is 2. The number of aliphatic imine (C=N–C) groups is 1. The van der Waals surface area contributed by atoms with E-state index in [1.165, 1.54) is 18.1 Å². The number of carbonyl (C=O) groups excluding carboxylic acids is 3. The second-order valence-electron chi connectivity index (χ2n) is 7.38. The third kappa shape index (κ3) is 6.18. The van der Waals surface area contributed by atoms with Gasteiger partial charge >= 0.3 is 5.97 Å². The van der Waals surface area contributed by atoms with Gasteiger partial charge in [0.25, 0.3) is 5.91 Å². The third-order valence-corrected chi connectivity index (χ3v) is 5.95. The lowest BCUT2D eigenvalue weighted by atomic mass is 10.2. The van der Waals surface area contributed by atoms with Crippen LogP contribution in [0.2, 0.25) is 0 Å². The number of nitrogens with zero attached hydrogens (tertiary/aromatic N) is 4. The fourth-order valence-electron chi connectivity index (χ4n) is 3.19. The Labute approximate surface area is 206 Å². The lowest BCUT2D eigenvalue weighted by Crippen LogP contribution is -2.29. The zero-order chi connectivity index (χ0) is 24.6. The monoisotopic (exact) mass is 487 g/mol. The predicted molar refractivity (Wildman–Crippen MR) is 132 cm³/mol. The number of thioether (sulfide) groups is 1. The molecule has 1 fully saturated rings. The van der Waals surface area contributed by atoms with Gasteiger partial charge in [-0.25, -0.2) is 4.79 Å². The summed E-state index contributed by atoms with van der Waals surface area (Å²) in [7, 11) is 1.30. The van der Waals surface area contributed by atoms with Crippen molar-refractivity contribution >= 4 is 40.4 Å². The molecule has 176 valence electrons. The highest BCUT2D eigenvalue weighted by Crippen LogP contribution is 2.32. The summed E-state index contributed by atoms with van der Waals surface area (Å²) < 4.78 is 4.67. The van der Waals surface area contributed by atoms with Crippen molar-refractivity contribution in [1.29, 1.82) is 0 Å². The lowest BCUT2D eigenvalue weighted by molar-refractivity contribution is -0.123. The average molecular weight is 488 g/mol. The van der Waals surface area contributed by atoms with Crippen LogP contribution in [0, 0.1) is 0 Å². The van der Waals surface area contributed by atoms with Crippen molar-refractivity contribution in [2.75, 3.05) is 12.4 Å². The summed E-state index contributed by atoms with van der Waals surface area (Å²) in [5.74, 6) is -1.26. The summed E-state index contributed by atoms with van der Waals surface area (Å²) in [6.45, 7) is 0.624. The van der Waals surface area contributed by atoms with Crippen LogP contribution in [0.25, 0.3) is 0 Å². The van der Waals surface area contributed by atoms with Gasteiger partial charge in [0.1, 0.15) is 0 Å². The summed E-state index contributed by atoms with van der Waals surface area (Å²) in [4.78, 5) is 51.9. The van der Waals surface area contributed by atoms with E-state index in [9.17, 15) is 14.4 Å². The Bertz CT molecular complexity index is 1280. The SMILES string of the molecule is COC(=O)c1ccc(NC(=O)/C=C2/SC(=NCc3cccnc3)N(Cc3cccnc3)C2=O)cc1. The first kappa shape index (κ1) is 23.8. The van der Waals surface area contributed by atoms with Gasteiger partial charge in [0, 0.05) is 36.6 Å². The molecule has 10 heteroatoms. The van der Waals surface area contributed by atoms with Gasteiger partial charge in [-0.2, -0.15) is 0 Å². The zero-order valence-electron chi connectivity index (χ0n) is 18.7. The normalized spacial score (nSPS) is 15.5. The number of amides is 2. The van der Waals surface area contributed by atoms with Crippen LogP contribution in [0.3, 0.4) is 0 Å². The molecule has 0 atom stereocenters. The predicted octanol–water partition coefficient (Wildman–Crippen LogP) is 3.42. The van der Waals surface area contributed by atoms with Crippen LogP contribution in [-0.2, 0) is 27.4 Å². The molecular weight excluding hydrogens is 466 g/mol. The summed E-state index contributed by atoms with van der Waals surface area (Å²) in [6.07, 6.45) is 8.00. The molecule has 0 radical (unpaired) electrons. The Kier molecular flexibility index (Phi) is 7.63. The fraction of sp³-hybridized carbons (Fsp3) is 0.120. The molecular formula is C25H21N5O4S. The van der Waals surface area contributed by atoms with Crippen molar-refractivity contribution in [3.8, 4) is 0 Å². The minimum atomic E-state index is -0.471. The van der Waals surface area contributed by atoms with E-state index < -0.39 is 11.9 Å². The van der Waals surface area contributed by atoms with Crippen molar-refractivity contribution in [3.63, 3.8) is 0 Å². The second-order valence-corrected chi connectivity index (χ2v) is 8.39. The highest BCUT2D eigenvalue weighted by atomic mass is 32.2. The molecule has 3 aromatic rings. The van der Waals surface area contributed by atoms with Gasteiger partial charge in [-0.15, -0.1) is 0 Å². The largest absolute Gasteiger partial charge is 0.465 e. The van der Waals surface area contributed by atoms with Gasteiger partial charge < -0.3 is 10.1 Å². The van der Waals surface area contributed by atoms with E-state index in [4.69, 9.17) is 0 Å². The first-order chi connectivity index (χ1) is 17.0. The first-order valence-corrected chi connectivity index (χ1v) is 11.4. The van der Waals surface area contributed by atoms with E-state index >= 15 is 0 Å². The van der Waals surface area contributed by atoms with Gasteiger partial charge in [-0.05, 0) is 59.3 Å². The Morgan fingerprint density at radius 2 is 1.74 bits per heavy atom. The highest BCUT2D eigenvalue weighted by Gasteiger charge is 2.34. The van der Waals surface area contributed by atoms with E-state index in [-0.39, 0.29) is 17.4 Å². The fourth-order valence-corrected chi connectivity index (χ4v) is 4.14. The van der Waals surface area contributed by atoms with E-state index in [0.29, 0.717) is 23.0 Å². The quantitative estimate of drug-likeness (QED) is 0.401. The van der Waals surface area contributed by atoms with Gasteiger partial charge in [0.05, 0.1) is 30.7 Å². The zero-order valence-corrected chi connectivity index (χ0v) is 19.6. The molecule has 0 spiro atoms. The highest BCUT2D eigenvalue weighted by molar-refractivity contribution is 8.18.